The van der Waals surface area contributed by atoms with Crippen LogP contribution in [0.1, 0.15) is 48.0 Å². The van der Waals surface area contributed by atoms with Crippen LogP contribution in [0.4, 0.5) is 0 Å². The van der Waals surface area contributed by atoms with Gasteiger partial charge in [-0.05, 0) is 24.5 Å². The standard InChI is InChI=1S/C24H24N2O3/c1-26-18-11-7-6-10-16(18)20-17-14-24(23(28)29-2,13-12-19(27)25-17)21(22(20)26)15-8-4-3-5-9-15/h3-11,17,21H,12-14H2,1-2H3,(H,25,27)/t17-,21-,24+/m1/s1. The SMILES string of the molecule is COC(=O)[C@@]12CCC(=O)N[C@H](C1)c1c(n(C)c3ccccc13)[C@H]2c1ccccc1. The van der Waals surface area contributed by atoms with E-state index in [4.69, 9.17) is 4.74 Å². The van der Waals surface area contributed by atoms with Crippen molar-refractivity contribution in [3.8, 4) is 0 Å². The maximum Gasteiger partial charge on any atom is 0.312 e. The molecule has 1 amide bonds. The highest BCUT2D eigenvalue weighted by Crippen LogP contribution is 2.58. The first-order valence-corrected chi connectivity index (χ1v) is 10.1. The average Bonchev–Trinajstić information content (AvgIpc) is 2.96. The highest BCUT2D eigenvalue weighted by molar-refractivity contribution is 5.91. The fraction of sp³-hybridized carbons (Fsp3) is 0.333. The second-order valence-electron chi connectivity index (χ2n) is 8.19. The summed E-state index contributed by atoms with van der Waals surface area (Å²) in [6.45, 7) is 0. The van der Waals surface area contributed by atoms with Gasteiger partial charge in [0.15, 0.2) is 0 Å². The van der Waals surface area contributed by atoms with Gasteiger partial charge in [-0.25, -0.2) is 0 Å². The molecule has 5 rings (SSSR count). The van der Waals surface area contributed by atoms with Crippen molar-refractivity contribution in [2.24, 2.45) is 12.5 Å². The molecule has 0 radical (unpaired) electrons. The number of aromatic nitrogens is 1. The van der Waals surface area contributed by atoms with Crippen molar-refractivity contribution in [2.45, 2.75) is 31.2 Å². The molecular formula is C24H24N2O3. The van der Waals surface area contributed by atoms with E-state index in [2.05, 4.69) is 41.2 Å². The molecule has 29 heavy (non-hydrogen) atoms. The van der Waals surface area contributed by atoms with Crippen molar-refractivity contribution >= 4 is 22.8 Å². The molecule has 0 unspecified atom stereocenters. The molecule has 3 atom stereocenters. The zero-order chi connectivity index (χ0) is 20.2. The van der Waals surface area contributed by atoms with Crippen LogP contribution in [0.25, 0.3) is 10.9 Å². The van der Waals surface area contributed by atoms with Gasteiger partial charge in [0, 0.05) is 41.5 Å². The first-order chi connectivity index (χ1) is 14.1. The maximum absolute atomic E-state index is 13.3. The molecule has 1 aromatic heterocycles. The molecule has 0 spiro atoms. The van der Waals surface area contributed by atoms with E-state index < -0.39 is 5.41 Å². The van der Waals surface area contributed by atoms with E-state index in [-0.39, 0.29) is 23.8 Å². The van der Waals surface area contributed by atoms with Gasteiger partial charge in [0.1, 0.15) is 0 Å². The monoisotopic (exact) mass is 388 g/mol. The zero-order valence-electron chi connectivity index (χ0n) is 16.6. The lowest BCUT2D eigenvalue weighted by atomic mass is 9.60. The van der Waals surface area contributed by atoms with Crippen molar-refractivity contribution in [1.29, 1.82) is 0 Å². The molecule has 2 bridgehead atoms. The second kappa shape index (κ2) is 6.48. The minimum atomic E-state index is -0.783. The van der Waals surface area contributed by atoms with Crippen LogP contribution in [0.5, 0.6) is 0 Å². The normalized spacial score (nSPS) is 25.8. The maximum atomic E-state index is 13.3. The molecule has 2 aliphatic rings. The number of methoxy groups -OCH3 is 1. The molecule has 148 valence electrons. The van der Waals surface area contributed by atoms with Crippen LogP contribution >= 0.6 is 0 Å². The Morgan fingerprint density at radius 2 is 1.86 bits per heavy atom. The van der Waals surface area contributed by atoms with Crippen LogP contribution in [0, 0.1) is 5.41 Å². The number of ether oxygens (including phenoxy) is 1. The molecule has 1 saturated heterocycles. The summed E-state index contributed by atoms with van der Waals surface area (Å²) in [7, 11) is 3.51. The Balaban J connectivity index is 1.89. The van der Waals surface area contributed by atoms with Crippen molar-refractivity contribution in [2.75, 3.05) is 7.11 Å². The van der Waals surface area contributed by atoms with Gasteiger partial charge in [-0.1, -0.05) is 48.5 Å². The first kappa shape index (κ1) is 18.0. The molecule has 1 fully saturated rings. The molecule has 1 aliphatic carbocycles. The summed E-state index contributed by atoms with van der Waals surface area (Å²) >= 11 is 0. The number of carbonyl (C=O) groups excluding carboxylic acids is 2. The Bertz CT molecular complexity index is 1120. The third kappa shape index (κ3) is 2.46. The number of aryl methyl sites for hydroxylation is 1. The number of fused-ring (bicyclic) bond motifs is 6. The summed E-state index contributed by atoms with van der Waals surface area (Å²) in [5, 5.41) is 4.32. The van der Waals surface area contributed by atoms with E-state index in [1.54, 1.807) is 0 Å². The van der Waals surface area contributed by atoms with E-state index in [1.165, 1.54) is 7.11 Å². The highest BCUT2D eigenvalue weighted by atomic mass is 16.5. The van der Waals surface area contributed by atoms with E-state index in [9.17, 15) is 9.59 Å². The Morgan fingerprint density at radius 3 is 2.62 bits per heavy atom. The van der Waals surface area contributed by atoms with Crippen LogP contribution in [0.15, 0.2) is 54.6 Å². The third-order valence-electron chi connectivity index (χ3n) is 6.79. The number of nitrogens with zero attached hydrogens (tertiary/aromatic N) is 1. The predicted molar refractivity (Wildman–Crippen MR) is 110 cm³/mol. The molecule has 5 nitrogen and oxygen atoms in total. The molecular weight excluding hydrogens is 364 g/mol. The molecule has 0 saturated carbocycles. The van der Waals surface area contributed by atoms with Crippen molar-refractivity contribution in [3.05, 3.63) is 71.4 Å². The zero-order valence-corrected chi connectivity index (χ0v) is 16.6. The van der Waals surface area contributed by atoms with Gasteiger partial charge < -0.3 is 14.6 Å². The molecule has 3 aromatic rings. The lowest BCUT2D eigenvalue weighted by molar-refractivity contribution is -0.155. The number of rotatable bonds is 2. The summed E-state index contributed by atoms with van der Waals surface area (Å²) in [6.07, 6.45) is 1.34. The van der Waals surface area contributed by atoms with Crippen molar-refractivity contribution in [3.63, 3.8) is 0 Å². The van der Waals surface area contributed by atoms with Gasteiger partial charge >= 0.3 is 5.97 Å². The van der Waals surface area contributed by atoms with Gasteiger partial charge in [0.2, 0.25) is 5.91 Å². The van der Waals surface area contributed by atoms with Gasteiger partial charge in [-0.3, -0.25) is 9.59 Å². The summed E-state index contributed by atoms with van der Waals surface area (Å²) < 4.78 is 7.55. The number of carbonyl (C=O) groups is 2. The topological polar surface area (TPSA) is 60.3 Å². The molecule has 2 heterocycles. The Hall–Kier alpha value is -3.08. The fourth-order valence-corrected chi connectivity index (χ4v) is 5.61. The number of esters is 1. The number of para-hydroxylation sites is 1. The fourth-order valence-electron chi connectivity index (χ4n) is 5.61. The van der Waals surface area contributed by atoms with Gasteiger partial charge in [-0.2, -0.15) is 0 Å². The molecule has 2 aromatic carbocycles. The van der Waals surface area contributed by atoms with Crippen LogP contribution in [0.3, 0.4) is 0 Å². The number of nitrogens with one attached hydrogen (secondary N) is 1. The van der Waals surface area contributed by atoms with Crippen molar-refractivity contribution < 1.29 is 14.3 Å². The van der Waals surface area contributed by atoms with E-state index in [0.717, 1.165) is 27.7 Å². The Labute approximate surface area is 169 Å². The number of benzene rings is 2. The van der Waals surface area contributed by atoms with Gasteiger partial charge in [0.05, 0.1) is 18.6 Å². The number of amides is 1. The summed E-state index contributed by atoms with van der Waals surface area (Å²) in [5.41, 5.74) is 3.64. The van der Waals surface area contributed by atoms with E-state index >= 15 is 0 Å². The minimum Gasteiger partial charge on any atom is -0.469 e. The predicted octanol–water partition coefficient (Wildman–Crippen LogP) is 3.82. The smallest absolute Gasteiger partial charge is 0.312 e. The quantitative estimate of drug-likeness (QED) is 0.679. The first-order valence-electron chi connectivity index (χ1n) is 10.1. The van der Waals surface area contributed by atoms with Gasteiger partial charge in [0.25, 0.3) is 0 Å². The summed E-state index contributed by atoms with van der Waals surface area (Å²) in [6, 6.07) is 18.2. The largest absolute Gasteiger partial charge is 0.469 e. The lowest BCUT2D eigenvalue weighted by Gasteiger charge is -2.44. The Kier molecular flexibility index (Phi) is 4.02. The Morgan fingerprint density at radius 1 is 1.14 bits per heavy atom. The summed E-state index contributed by atoms with van der Waals surface area (Å²) in [5.74, 6) is -0.412. The van der Waals surface area contributed by atoms with E-state index in [0.29, 0.717) is 19.3 Å². The number of hydrogen-bond donors (Lipinski definition) is 1. The minimum absolute atomic E-state index is 0.00614. The summed E-state index contributed by atoms with van der Waals surface area (Å²) in [4.78, 5) is 25.9. The second-order valence-corrected chi connectivity index (χ2v) is 8.19. The van der Waals surface area contributed by atoms with Crippen molar-refractivity contribution in [1.82, 2.24) is 9.88 Å². The average molecular weight is 388 g/mol. The third-order valence-corrected chi connectivity index (χ3v) is 6.79. The van der Waals surface area contributed by atoms with E-state index in [1.807, 2.05) is 30.3 Å². The highest BCUT2D eigenvalue weighted by Gasteiger charge is 2.56. The van der Waals surface area contributed by atoms with Gasteiger partial charge in [-0.15, -0.1) is 0 Å². The number of hydrogen-bond acceptors (Lipinski definition) is 3. The van der Waals surface area contributed by atoms with Crippen LogP contribution in [-0.2, 0) is 21.4 Å². The lowest BCUT2D eigenvalue weighted by Crippen LogP contribution is -2.44. The molecule has 5 heteroatoms. The molecule has 1 N–H and O–H groups in total. The van der Waals surface area contributed by atoms with Crippen LogP contribution in [-0.4, -0.2) is 23.6 Å². The van der Waals surface area contributed by atoms with Crippen LogP contribution in [0.2, 0.25) is 0 Å². The molecule has 1 aliphatic heterocycles. The van der Waals surface area contributed by atoms with Crippen LogP contribution < -0.4 is 5.32 Å².